The molecule has 1 N–H and O–H groups in total. The first-order chi connectivity index (χ1) is 8.08. The number of rotatable bonds is 5. The quantitative estimate of drug-likeness (QED) is 0.826. The zero-order valence-electron chi connectivity index (χ0n) is 10.7. The minimum absolute atomic E-state index is 0.000561. The first-order valence-corrected chi connectivity index (χ1v) is 6.06. The second kappa shape index (κ2) is 4.87. The minimum Gasteiger partial charge on any atom is -0.362 e. The van der Waals surface area contributed by atoms with E-state index in [0.29, 0.717) is 11.9 Å². The smallest absolute Gasteiger partial charge is 0.293 e. The van der Waals surface area contributed by atoms with Crippen molar-refractivity contribution in [2.24, 2.45) is 0 Å². The summed E-state index contributed by atoms with van der Waals surface area (Å²) >= 11 is 0. The lowest BCUT2D eigenvalue weighted by Crippen LogP contribution is -2.33. The SMILES string of the molecule is CC(CN(C)C)Nc1nccn(C2CC2)c1=O. The summed E-state index contributed by atoms with van der Waals surface area (Å²) in [6.45, 7) is 2.93. The van der Waals surface area contributed by atoms with Crippen molar-refractivity contribution in [2.45, 2.75) is 31.8 Å². The highest BCUT2D eigenvalue weighted by Crippen LogP contribution is 2.33. The fourth-order valence-corrected chi connectivity index (χ4v) is 1.99. The van der Waals surface area contributed by atoms with E-state index in [0.717, 1.165) is 19.4 Å². The molecule has 0 spiro atoms. The number of anilines is 1. The van der Waals surface area contributed by atoms with Crippen LogP contribution in [0.2, 0.25) is 0 Å². The molecule has 1 aromatic heterocycles. The topological polar surface area (TPSA) is 50.2 Å². The molecule has 0 radical (unpaired) electrons. The van der Waals surface area contributed by atoms with E-state index in [1.54, 1.807) is 17.0 Å². The van der Waals surface area contributed by atoms with Gasteiger partial charge in [0.05, 0.1) is 0 Å². The van der Waals surface area contributed by atoms with Gasteiger partial charge in [0, 0.05) is 31.0 Å². The largest absolute Gasteiger partial charge is 0.362 e. The number of hydrogen-bond donors (Lipinski definition) is 1. The van der Waals surface area contributed by atoms with Gasteiger partial charge in [-0.3, -0.25) is 4.79 Å². The molecule has 0 aromatic carbocycles. The van der Waals surface area contributed by atoms with Crippen molar-refractivity contribution in [1.29, 1.82) is 0 Å². The van der Waals surface area contributed by atoms with Gasteiger partial charge in [0.1, 0.15) is 0 Å². The molecule has 1 atom stereocenters. The second-order valence-electron chi connectivity index (χ2n) is 5.03. The van der Waals surface area contributed by atoms with Gasteiger partial charge in [-0.05, 0) is 33.9 Å². The molecule has 1 aliphatic carbocycles. The molecule has 1 unspecified atom stereocenters. The molecular formula is C12H20N4O. The van der Waals surface area contributed by atoms with E-state index in [9.17, 15) is 4.79 Å². The van der Waals surface area contributed by atoms with Crippen molar-refractivity contribution in [2.75, 3.05) is 26.0 Å². The lowest BCUT2D eigenvalue weighted by molar-refractivity contribution is 0.391. The van der Waals surface area contributed by atoms with Crippen molar-refractivity contribution >= 4 is 5.82 Å². The summed E-state index contributed by atoms with van der Waals surface area (Å²) in [5, 5.41) is 3.18. The highest BCUT2D eigenvalue weighted by atomic mass is 16.1. The number of nitrogens with zero attached hydrogens (tertiary/aromatic N) is 3. The summed E-state index contributed by atoms with van der Waals surface area (Å²) in [5.41, 5.74) is 0.000561. The van der Waals surface area contributed by atoms with Crippen LogP contribution in [-0.2, 0) is 0 Å². The molecule has 1 saturated carbocycles. The molecule has 1 fully saturated rings. The van der Waals surface area contributed by atoms with Crippen LogP contribution in [0.5, 0.6) is 0 Å². The van der Waals surface area contributed by atoms with Gasteiger partial charge >= 0.3 is 0 Å². The Morgan fingerprint density at radius 1 is 1.59 bits per heavy atom. The summed E-state index contributed by atoms with van der Waals surface area (Å²) in [4.78, 5) is 18.3. The summed E-state index contributed by atoms with van der Waals surface area (Å²) < 4.78 is 1.79. The third-order valence-electron chi connectivity index (χ3n) is 2.83. The predicted octanol–water partition coefficient (Wildman–Crippen LogP) is 0.940. The molecule has 5 heteroatoms. The van der Waals surface area contributed by atoms with E-state index in [2.05, 4.69) is 22.1 Å². The van der Waals surface area contributed by atoms with Crippen molar-refractivity contribution in [3.05, 3.63) is 22.7 Å². The maximum atomic E-state index is 12.1. The fourth-order valence-electron chi connectivity index (χ4n) is 1.99. The van der Waals surface area contributed by atoms with Crippen LogP contribution in [-0.4, -0.2) is 41.1 Å². The maximum Gasteiger partial charge on any atom is 0.293 e. The Kier molecular flexibility index (Phi) is 3.47. The molecule has 0 amide bonds. The highest BCUT2D eigenvalue weighted by molar-refractivity contribution is 5.32. The van der Waals surface area contributed by atoms with Gasteiger partial charge in [-0.2, -0.15) is 0 Å². The third kappa shape index (κ3) is 3.06. The molecule has 0 aliphatic heterocycles. The highest BCUT2D eigenvalue weighted by Gasteiger charge is 2.25. The third-order valence-corrected chi connectivity index (χ3v) is 2.83. The molecule has 0 saturated heterocycles. The average molecular weight is 236 g/mol. The molecule has 1 aromatic rings. The minimum atomic E-state index is 0.000561. The van der Waals surface area contributed by atoms with E-state index in [1.165, 1.54) is 0 Å². The van der Waals surface area contributed by atoms with Gasteiger partial charge < -0.3 is 14.8 Å². The average Bonchev–Trinajstić information content (AvgIpc) is 3.03. The molecule has 1 aliphatic rings. The Bertz CT molecular complexity index is 436. The first kappa shape index (κ1) is 12.1. The standard InChI is InChI=1S/C12H20N4O/c1-9(8-15(2)3)14-11-12(17)16(7-6-13-11)10-4-5-10/h6-7,9-10H,4-5,8H2,1-3H3,(H,13,14). The summed E-state index contributed by atoms with van der Waals surface area (Å²) in [6.07, 6.45) is 5.69. The van der Waals surface area contributed by atoms with Crippen LogP contribution in [0.1, 0.15) is 25.8 Å². The van der Waals surface area contributed by atoms with E-state index in [4.69, 9.17) is 0 Å². The molecule has 94 valence electrons. The zero-order chi connectivity index (χ0) is 12.4. The van der Waals surface area contributed by atoms with Crippen LogP contribution in [0.25, 0.3) is 0 Å². The summed E-state index contributed by atoms with van der Waals surface area (Å²) in [6, 6.07) is 0.607. The Labute approximate surface area is 101 Å². The van der Waals surface area contributed by atoms with Crippen LogP contribution in [0, 0.1) is 0 Å². The molecule has 17 heavy (non-hydrogen) atoms. The van der Waals surface area contributed by atoms with E-state index in [1.807, 2.05) is 14.1 Å². The Balaban J connectivity index is 2.10. The summed E-state index contributed by atoms with van der Waals surface area (Å²) in [7, 11) is 4.03. The number of hydrogen-bond acceptors (Lipinski definition) is 4. The monoisotopic (exact) mass is 236 g/mol. The molecule has 1 heterocycles. The zero-order valence-corrected chi connectivity index (χ0v) is 10.7. The Morgan fingerprint density at radius 2 is 2.29 bits per heavy atom. The van der Waals surface area contributed by atoms with Crippen LogP contribution < -0.4 is 10.9 Å². The normalized spacial score (nSPS) is 17.2. The fraction of sp³-hybridized carbons (Fsp3) is 0.667. The van der Waals surface area contributed by atoms with Gasteiger partial charge in [0.2, 0.25) is 0 Å². The molecule has 5 nitrogen and oxygen atoms in total. The number of aromatic nitrogens is 2. The van der Waals surface area contributed by atoms with Crippen molar-refractivity contribution in [3.8, 4) is 0 Å². The first-order valence-electron chi connectivity index (χ1n) is 6.06. The predicted molar refractivity (Wildman–Crippen MR) is 68.4 cm³/mol. The van der Waals surface area contributed by atoms with E-state index < -0.39 is 0 Å². The van der Waals surface area contributed by atoms with Crippen molar-refractivity contribution in [3.63, 3.8) is 0 Å². The van der Waals surface area contributed by atoms with Gasteiger partial charge in [0.15, 0.2) is 5.82 Å². The molecule has 0 bridgehead atoms. The van der Waals surface area contributed by atoms with E-state index in [-0.39, 0.29) is 11.6 Å². The van der Waals surface area contributed by atoms with Gasteiger partial charge in [-0.1, -0.05) is 0 Å². The number of likely N-dealkylation sites (N-methyl/N-ethyl adjacent to an activating group) is 1. The van der Waals surface area contributed by atoms with Crippen molar-refractivity contribution < 1.29 is 0 Å². The van der Waals surface area contributed by atoms with Crippen LogP contribution in [0.15, 0.2) is 17.2 Å². The Morgan fingerprint density at radius 3 is 2.88 bits per heavy atom. The lowest BCUT2D eigenvalue weighted by atomic mass is 10.3. The van der Waals surface area contributed by atoms with Crippen LogP contribution >= 0.6 is 0 Å². The molecule has 2 rings (SSSR count). The number of nitrogens with one attached hydrogen (secondary N) is 1. The van der Waals surface area contributed by atoms with Gasteiger partial charge in [0.25, 0.3) is 5.56 Å². The van der Waals surface area contributed by atoms with Crippen LogP contribution in [0.3, 0.4) is 0 Å². The maximum absolute atomic E-state index is 12.1. The molecular weight excluding hydrogens is 216 g/mol. The van der Waals surface area contributed by atoms with Gasteiger partial charge in [-0.25, -0.2) is 4.98 Å². The lowest BCUT2D eigenvalue weighted by Gasteiger charge is -2.18. The van der Waals surface area contributed by atoms with E-state index >= 15 is 0 Å². The second-order valence-corrected chi connectivity index (χ2v) is 5.03. The van der Waals surface area contributed by atoms with Gasteiger partial charge in [-0.15, -0.1) is 0 Å². The van der Waals surface area contributed by atoms with Crippen molar-refractivity contribution in [1.82, 2.24) is 14.5 Å². The summed E-state index contributed by atoms with van der Waals surface area (Å²) in [5.74, 6) is 0.466. The Hall–Kier alpha value is -1.36. The van der Waals surface area contributed by atoms with Crippen LogP contribution in [0.4, 0.5) is 5.82 Å².